The maximum atomic E-state index is 11.5. The quantitative estimate of drug-likeness (QED) is 0.618. The molecule has 0 aromatic carbocycles. The maximum Gasteiger partial charge on any atom is 0.309 e. The third-order valence-electron chi connectivity index (χ3n) is 2.78. The van der Waals surface area contributed by atoms with Gasteiger partial charge >= 0.3 is 5.97 Å². The van der Waals surface area contributed by atoms with Gasteiger partial charge in [0.05, 0.1) is 19.1 Å². The van der Waals surface area contributed by atoms with Gasteiger partial charge in [0.2, 0.25) is 0 Å². The molecule has 1 unspecified atom stereocenters. The van der Waals surface area contributed by atoms with E-state index in [4.69, 9.17) is 9.47 Å². The molecule has 2 fully saturated rings. The molecule has 2 heterocycles. The summed E-state index contributed by atoms with van der Waals surface area (Å²) in [6.45, 7) is 4.96. The Morgan fingerprint density at radius 2 is 2.23 bits per heavy atom. The van der Waals surface area contributed by atoms with Gasteiger partial charge in [-0.15, -0.1) is 0 Å². The van der Waals surface area contributed by atoms with E-state index in [1.165, 1.54) is 0 Å². The average molecular weight is 185 g/mol. The van der Waals surface area contributed by atoms with Gasteiger partial charge in [-0.3, -0.25) is 4.79 Å². The second-order valence-corrected chi connectivity index (χ2v) is 3.80. The lowest BCUT2D eigenvalue weighted by molar-refractivity contribution is -0.178. The zero-order chi connectivity index (χ0) is 9.26. The molecule has 0 aliphatic carbocycles. The van der Waals surface area contributed by atoms with Crippen molar-refractivity contribution < 1.29 is 14.3 Å². The molecule has 1 atom stereocenters. The molecule has 0 amide bonds. The second-order valence-electron chi connectivity index (χ2n) is 3.80. The summed E-state index contributed by atoms with van der Waals surface area (Å²) in [4.78, 5) is 11.5. The molecule has 4 heteroatoms. The van der Waals surface area contributed by atoms with E-state index in [9.17, 15) is 4.79 Å². The Morgan fingerprint density at radius 1 is 1.54 bits per heavy atom. The van der Waals surface area contributed by atoms with E-state index in [1.54, 1.807) is 0 Å². The van der Waals surface area contributed by atoms with Gasteiger partial charge in [0.25, 0.3) is 0 Å². The fourth-order valence-corrected chi connectivity index (χ4v) is 1.41. The summed E-state index contributed by atoms with van der Waals surface area (Å²) in [5.74, 6) is 0.426. The SMILES string of the molecule is CC(C(=O)OC1COC1)C1CNC1. The summed E-state index contributed by atoms with van der Waals surface area (Å²) < 4.78 is 10.1. The van der Waals surface area contributed by atoms with Crippen LogP contribution < -0.4 is 5.32 Å². The first-order valence-corrected chi connectivity index (χ1v) is 4.76. The van der Waals surface area contributed by atoms with Gasteiger partial charge < -0.3 is 14.8 Å². The fraction of sp³-hybridized carbons (Fsp3) is 0.889. The Morgan fingerprint density at radius 3 is 2.62 bits per heavy atom. The summed E-state index contributed by atoms with van der Waals surface area (Å²) in [5, 5.41) is 3.15. The smallest absolute Gasteiger partial charge is 0.309 e. The Kier molecular flexibility index (Phi) is 2.51. The van der Waals surface area contributed by atoms with Crippen LogP contribution in [0.3, 0.4) is 0 Å². The normalized spacial score (nSPS) is 25.9. The van der Waals surface area contributed by atoms with Gasteiger partial charge in [-0.05, 0) is 19.0 Å². The topological polar surface area (TPSA) is 47.6 Å². The summed E-state index contributed by atoms with van der Waals surface area (Å²) in [6, 6.07) is 0. The van der Waals surface area contributed by atoms with Crippen molar-refractivity contribution in [2.75, 3.05) is 26.3 Å². The number of hydrogen-bond donors (Lipinski definition) is 1. The first-order valence-electron chi connectivity index (χ1n) is 4.76. The Bertz CT molecular complexity index is 199. The highest BCUT2D eigenvalue weighted by Gasteiger charge is 2.32. The van der Waals surface area contributed by atoms with Crippen LogP contribution in [0.5, 0.6) is 0 Å². The van der Waals surface area contributed by atoms with Crippen molar-refractivity contribution in [3.8, 4) is 0 Å². The lowest BCUT2D eigenvalue weighted by atomic mass is 9.89. The largest absolute Gasteiger partial charge is 0.457 e. The highest BCUT2D eigenvalue weighted by Crippen LogP contribution is 2.19. The third-order valence-corrected chi connectivity index (χ3v) is 2.78. The molecule has 2 saturated heterocycles. The van der Waals surface area contributed by atoms with Crippen molar-refractivity contribution in [3.05, 3.63) is 0 Å². The van der Waals surface area contributed by atoms with E-state index in [1.807, 2.05) is 6.92 Å². The number of nitrogens with one attached hydrogen (secondary N) is 1. The zero-order valence-electron chi connectivity index (χ0n) is 7.79. The van der Waals surface area contributed by atoms with Crippen LogP contribution in [0.4, 0.5) is 0 Å². The van der Waals surface area contributed by atoms with Crippen LogP contribution >= 0.6 is 0 Å². The van der Waals surface area contributed by atoms with Gasteiger partial charge in [0.1, 0.15) is 6.10 Å². The number of carbonyl (C=O) groups excluding carboxylic acids is 1. The standard InChI is InChI=1S/C9H15NO3/c1-6(7-2-10-3-7)9(11)13-8-4-12-5-8/h6-8,10H,2-5H2,1H3. The first-order chi connectivity index (χ1) is 6.27. The molecule has 2 aliphatic heterocycles. The molecule has 4 nitrogen and oxygen atoms in total. The molecule has 0 radical (unpaired) electrons. The van der Waals surface area contributed by atoms with E-state index in [0.29, 0.717) is 19.1 Å². The Hall–Kier alpha value is -0.610. The monoisotopic (exact) mass is 185 g/mol. The highest BCUT2D eigenvalue weighted by atomic mass is 16.6. The molecule has 1 N–H and O–H groups in total. The minimum atomic E-state index is -0.0696. The molecule has 2 rings (SSSR count). The van der Waals surface area contributed by atoms with E-state index < -0.39 is 0 Å². The molecule has 0 bridgehead atoms. The molecule has 0 aromatic rings. The summed E-state index contributed by atoms with van der Waals surface area (Å²) in [6.07, 6.45) is 0.0167. The summed E-state index contributed by atoms with van der Waals surface area (Å²) in [5.41, 5.74) is 0. The number of rotatable bonds is 3. The van der Waals surface area contributed by atoms with Gasteiger partial charge in [-0.2, -0.15) is 0 Å². The zero-order valence-corrected chi connectivity index (χ0v) is 7.79. The minimum absolute atomic E-state index is 0.0167. The Balaban J connectivity index is 1.74. The van der Waals surface area contributed by atoms with Crippen molar-refractivity contribution >= 4 is 5.97 Å². The lowest BCUT2D eigenvalue weighted by Gasteiger charge is -2.33. The van der Waals surface area contributed by atoms with Crippen LogP contribution in [-0.4, -0.2) is 38.4 Å². The van der Waals surface area contributed by atoms with Gasteiger partial charge in [-0.1, -0.05) is 6.92 Å². The van der Waals surface area contributed by atoms with Crippen molar-refractivity contribution in [1.82, 2.24) is 5.32 Å². The fourth-order valence-electron chi connectivity index (χ4n) is 1.41. The molecule has 0 saturated carbocycles. The average Bonchev–Trinajstić information content (AvgIpc) is 1.92. The lowest BCUT2D eigenvalue weighted by Crippen LogP contribution is -2.49. The molecule has 0 spiro atoms. The predicted octanol–water partition coefficient (Wildman–Crippen LogP) is -0.216. The Labute approximate surface area is 77.6 Å². The molecular weight excluding hydrogens is 170 g/mol. The number of hydrogen-bond acceptors (Lipinski definition) is 4. The predicted molar refractivity (Wildman–Crippen MR) is 46.2 cm³/mol. The van der Waals surface area contributed by atoms with Crippen molar-refractivity contribution in [2.24, 2.45) is 11.8 Å². The number of carbonyl (C=O) groups is 1. The van der Waals surface area contributed by atoms with Crippen molar-refractivity contribution in [3.63, 3.8) is 0 Å². The van der Waals surface area contributed by atoms with Gasteiger partial charge in [-0.25, -0.2) is 0 Å². The molecule has 74 valence electrons. The third kappa shape index (κ3) is 1.84. The van der Waals surface area contributed by atoms with Crippen molar-refractivity contribution in [2.45, 2.75) is 13.0 Å². The van der Waals surface area contributed by atoms with E-state index in [-0.39, 0.29) is 18.0 Å². The van der Waals surface area contributed by atoms with Crippen LogP contribution in [0.25, 0.3) is 0 Å². The number of ether oxygens (including phenoxy) is 2. The van der Waals surface area contributed by atoms with E-state index in [0.717, 1.165) is 13.1 Å². The maximum absolute atomic E-state index is 11.5. The first kappa shape index (κ1) is 8.97. The van der Waals surface area contributed by atoms with Crippen LogP contribution in [0.2, 0.25) is 0 Å². The second kappa shape index (κ2) is 3.64. The van der Waals surface area contributed by atoms with Gasteiger partial charge in [0.15, 0.2) is 0 Å². The van der Waals surface area contributed by atoms with Crippen LogP contribution in [-0.2, 0) is 14.3 Å². The van der Waals surface area contributed by atoms with Crippen LogP contribution in [0.15, 0.2) is 0 Å². The van der Waals surface area contributed by atoms with Crippen LogP contribution in [0, 0.1) is 11.8 Å². The molecule has 0 aromatic heterocycles. The molecule has 13 heavy (non-hydrogen) atoms. The highest BCUT2D eigenvalue weighted by molar-refractivity contribution is 5.72. The van der Waals surface area contributed by atoms with Gasteiger partial charge in [0, 0.05) is 0 Å². The van der Waals surface area contributed by atoms with Crippen LogP contribution in [0.1, 0.15) is 6.92 Å². The summed E-state index contributed by atoms with van der Waals surface area (Å²) in [7, 11) is 0. The summed E-state index contributed by atoms with van der Waals surface area (Å²) >= 11 is 0. The number of esters is 1. The molecular formula is C9H15NO3. The van der Waals surface area contributed by atoms with Crippen molar-refractivity contribution in [1.29, 1.82) is 0 Å². The van der Waals surface area contributed by atoms with E-state index in [2.05, 4.69) is 5.32 Å². The minimum Gasteiger partial charge on any atom is -0.457 e. The van der Waals surface area contributed by atoms with E-state index >= 15 is 0 Å². The molecule has 2 aliphatic rings.